The van der Waals surface area contributed by atoms with Crippen LogP contribution in [-0.2, 0) is 0 Å². The quantitative estimate of drug-likeness (QED) is 0.844. The Labute approximate surface area is 110 Å². The first-order chi connectivity index (χ1) is 8.04. The van der Waals surface area contributed by atoms with E-state index in [0.29, 0.717) is 18.5 Å². The van der Waals surface area contributed by atoms with Gasteiger partial charge in [-0.1, -0.05) is 28.9 Å². The van der Waals surface area contributed by atoms with Gasteiger partial charge in [-0.2, -0.15) is 0 Å². The van der Waals surface area contributed by atoms with Crippen molar-refractivity contribution in [2.24, 2.45) is 0 Å². The largest absolute Gasteiger partial charge is 0.393 e. The lowest BCUT2D eigenvalue weighted by Crippen LogP contribution is -2.24. The summed E-state index contributed by atoms with van der Waals surface area (Å²) in [5.41, 5.74) is 0.652. The number of hydrogen-bond acceptors (Lipinski definition) is 2. The summed E-state index contributed by atoms with van der Waals surface area (Å²) >= 11 is 3.23. The van der Waals surface area contributed by atoms with Crippen LogP contribution in [0.5, 0.6) is 0 Å². The molecule has 17 heavy (non-hydrogen) atoms. The van der Waals surface area contributed by atoms with Crippen molar-refractivity contribution in [2.45, 2.75) is 38.8 Å². The zero-order valence-corrected chi connectivity index (χ0v) is 11.8. The molecule has 0 radical (unpaired) electrons. The summed E-state index contributed by atoms with van der Waals surface area (Å²) in [6.07, 6.45) is 1.17. The highest BCUT2D eigenvalue weighted by molar-refractivity contribution is 9.10. The number of nitrogens with one attached hydrogen (secondary N) is 1. The van der Waals surface area contributed by atoms with Gasteiger partial charge in [0.1, 0.15) is 5.82 Å². The van der Waals surface area contributed by atoms with Crippen molar-refractivity contribution in [3.8, 4) is 0 Å². The van der Waals surface area contributed by atoms with E-state index < -0.39 is 0 Å². The normalized spacial score (nSPS) is 14.6. The molecule has 0 saturated heterocycles. The maximum atomic E-state index is 13.6. The van der Waals surface area contributed by atoms with Gasteiger partial charge in [-0.3, -0.25) is 0 Å². The number of rotatable bonds is 6. The van der Waals surface area contributed by atoms with E-state index >= 15 is 0 Å². The zero-order valence-electron chi connectivity index (χ0n) is 10.2. The fourth-order valence-electron chi connectivity index (χ4n) is 1.63. The molecule has 2 unspecified atom stereocenters. The fourth-order valence-corrected chi connectivity index (χ4v) is 1.97. The summed E-state index contributed by atoms with van der Waals surface area (Å²) in [6.45, 7) is 4.55. The van der Waals surface area contributed by atoms with Crippen molar-refractivity contribution in [1.29, 1.82) is 0 Å². The van der Waals surface area contributed by atoms with E-state index in [9.17, 15) is 9.50 Å². The van der Waals surface area contributed by atoms with Gasteiger partial charge >= 0.3 is 0 Å². The fraction of sp³-hybridized carbons (Fsp3) is 0.538. The predicted molar refractivity (Wildman–Crippen MR) is 71.4 cm³/mol. The van der Waals surface area contributed by atoms with Gasteiger partial charge in [0, 0.05) is 16.1 Å². The summed E-state index contributed by atoms with van der Waals surface area (Å²) in [5.74, 6) is -0.213. The van der Waals surface area contributed by atoms with Gasteiger partial charge in [0.2, 0.25) is 0 Å². The minimum atomic E-state index is -0.274. The second-order valence-electron chi connectivity index (χ2n) is 4.19. The van der Waals surface area contributed by atoms with E-state index in [2.05, 4.69) is 21.2 Å². The third kappa shape index (κ3) is 4.74. The highest BCUT2D eigenvalue weighted by atomic mass is 79.9. The molecule has 0 aromatic heterocycles. The van der Waals surface area contributed by atoms with Gasteiger partial charge in [0.25, 0.3) is 0 Å². The topological polar surface area (TPSA) is 32.3 Å². The van der Waals surface area contributed by atoms with Crippen LogP contribution in [0, 0.1) is 5.82 Å². The van der Waals surface area contributed by atoms with Crippen LogP contribution in [0.1, 0.15) is 38.3 Å². The average Bonchev–Trinajstić information content (AvgIpc) is 2.28. The van der Waals surface area contributed by atoms with Crippen molar-refractivity contribution in [3.63, 3.8) is 0 Å². The molecule has 0 saturated carbocycles. The molecule has 0 amide bonds. The van der Waals surface area contributed by atoms with Crippen LogP contribution < -0.4 is 5.32 Å². The second-order valence-corrected chi connectivity index (χ2v) is 5.11. The molecule has 0 bridgehead atoms. The minimum absolute atomic E-state index is 0.0489. The molecule has 2 nitrogen and oxygen atoms in total. The SMILES string of the molecule is CCC(O)CCNC(C)c1ccc(Br)cc1F. The lowest BCUT2D eigenvalue weighted by atomic mass is 10.1. The molecule has 1 aromatic rings. The third-order valence-corrected chi connectivity index (χ3v) is 3.32. The van der Waals surface area contributed by atoms with Gasteiger partial charge < -0.3 is 10.4 Å². The van der Waals surface area contributed by atoms with Crippen LogP contribution in [0.3, 0.4) is 0 Å². The minimum Gasteiger partial charge on any atom is -0.393 e. The van der Waals surface area contributed by atoms with Crippen LogP contribution >= 0.6 is 15.9 Å². The highest BCUT2D eigenvalue weighted by Gasteiger charge is 2.11. The van der Waals surface area contributed by atoms with E-state index in [1.165, 1.54) is 6.07 Å². The van der Waals surface area contributed by atoms with Crippen molar-refractivity contribution in [2.75, 3.05) is 6.54 Å². The van der Waals surface area contributed by atoms with E-state index in [4.69, 9.17) is 0 Å². The number of benzene rings is 1. The molecule has 4 heteroatoms. The average molecular weight is 304 g/mol. The van der Waals surface area contributed by atoms with Crippen molar-refractivity contribution >= 4 is 15.9 Å². The highest BCUT2D eigenvalue weighted by Crippen LogP contribution is 2.20. The molecule has 2 atom stereocenters. The van der Waals surface area contributed by atoms with E-state index in [-0.39, 0.29) is 18.0 Å². The summed E-state index contributed by atoms with van der Waals surface area (Å²) < 4.78 is 14.4. The first kappa shape index (κ1) is 14.6. The molecule has 0 spiro atoms. The Morgan fingerprint density at radius 2 is 2.18 bits per heavy atom. The molecule has 0 fully saturated rings. The Hall–Kier alpha value is -0.450. The molecular formula is C13H19BrFNO. The molecule has 0 aliphatic heterocycles. The van der Waals surface area contributed by atoms with Crippen LogP contribution in [0.25, 0.3) is 0 Å². The lowest BCUT2D eigenvalue weighted by molar-refractivity contribution is 0.158. The van der Waals surface area contributed by atoms with Gasteiger partial charge in [-0.05, 0) is 38.4 Å². The van der Waals surface area contributed by atoms with Crippen LogP contribution in [-0.4, -0.2) is 17.8 Å². The molecule has 1 aromatic carbocycles. The number of aliphatic hydroxyl groups excluding tert-OH is 1. The number of hydrogen-bond donors (Lipinski definition) is 2. The van der Waals surface area contributed by atoms with Gasteiger partial charge in [0.05, 0.1) is 6.10 Å². The number of aliphatic hydroxyl groups is 1. The predicted octanol–water partition coefficient (Wildman–Crippen LogP) is 3.40. The Kier molecular flexibility index (Phi) is 6.09. The standard InChI is InChI=1S/C13H19BrFNO/c1-3-11(17)6-7-16-9(2)12-5-4-10(14)8-13(12)15/h4-5,8-9,11,16-17H,3,6-7H2,1-2H3. The molecule has 0 heterocycles. The second kappa shape index (κ2) is 7.09. The summed E-state index contributed by atoms with van der Waals surface area (Å²) in [7, 11) is 0. The molecule has 96 valence electrons. The van der Waals surface area contributed by atoms with Crippen LogP contribution in [0.15, 0.2) is 22.7 Å². The molecule has 1 rings (SSSR count). The Balaban J connectivity index is 2.49. The first-order valence-corrected chi connectivity index (χ1v) is 6.70. The molecular weight excluding hydrogens is 285 g/mol. The lowest BCUT2D eigenvalue weighted by Gasteiger charge is -2.16. The number of halogens is 2. The van der Waals surface area contributed by atoms with Gasteiger partial charge in [-0.15, -0.1) is 0 Å². The van der Waals surface area contributed by atoms with Crippen LogP contribution in [0.4, 0.5) is 4.39 Å². The van der Waals surface area contributed by atoms with Crippen LogP contribution in [0.2, 0.25) is 0 Å². The van der Waals surface area contributed by atoms with Crippen molar-refractivity contribution < 1.29 is 9.50 Å². The Bertz CT molecular complexity index is 359. The monoisotopic (exact) mass is 303 g/mol. The summed E-state index contributed by atoms with van der Waals surface area (Å²) in [4.78, 5) is 0. The molecule has 2 N–H and O–H groups in total. The van der Waals surface area contributed by atoms with Gasteiger partial charge in [0.15, 0.2) is 0 Å². The van der Waals surface area contributed by atoms with Crippen molar-refractivity contribution in [3.05, 3.63) is 34.1 Å². The Morgan fingerprint density at radius 1 is 1.47 bits per heavy atom. The molecule has 0 aliphatic rings. The summed E-state index contributed by atoms with van der Waals surface area (Å²) in [6, 6.07) is 5.02. The summed E-state index contributed by atoms with van der Waals surface area (Å²) in [5, 5.41) is 12.6. The maximum absolute atomic E-state index is 13.6. The van der Waals surface area contributed by atoms with E-state index in [1.807, 2.05) is 19.9 Å². The van der Waals surface area contributed by atoms with Gasteiger partial charge in [-0.25, -0.2) is 4.39 Å². The molecule has 0 aliphatic carbocycles. The maximum Gasteiger partial charge on any atom is 0.129 e. The smallest absolute Gasteiger partial charge is 0.129 e. The zero-order chi connectivity index (χ0) is 12.8. The van der Waals surface area contributed by atoms with E-state index in [1.54, 1.807) is 6.07 Å². The Morgan fingerprint density at radius 3 is 2.76 bits per heavy atom. The van der Waals surface area contributed by atoms with E-state index in [0.717, 1.165) is 10.9 Å². The van der Waals surface area contributed by atoms with Crippen molar-refractivity contribution in [1.82, 2.24) is 5.32 Å². The third-order valence-electron chi connectivity index (χ3n) is 2.83. The first-order valence-electron chi connectivity index (χ1n) is 5.91.